The molecule has 3 aromatic rings. The molecule has 0 saturated carbocycles. The highest BCUT2D eigenvalue weighted by molar-refractivity contribution is 7.89. The Hall–Kier alpha value is -2.42. The summed E-state index contributed by atoms with van der Waals surface area (Å²) in [5.74, 6) is 1.39. The molecular formula is C20H21ClN4O3S. The van der Waals surface area contributed by atoms with Crippen LogP contribution in [-0.2, 0) is 10.0 Å². The first-order valence-electron chi connectivity index (χ1n) is 9.39. The zero-order chi connectivity index (χ0) is 20.4. The van der Waals surface area contributed by atoms with Gasteiger partial charge in [-0.25, -0.2) is 13.4 Å². The molecule has 2 heterocycles. The number of piperazine rings is 1. The summed E-state index contributed by atoms with van der Waals surface area (Å²) < 4.78 is 32.9. The first kappa shape index (κ1) is 19.9. The third kappa shape index (κ3) is 4.01. The van der Waals surface area contributed by atoms with Crippen LogP contribution in [0.4, 0.5) is 5.82 Å². The average molecular weight is 433 g/mol. The molecule has 9 heteroatoms. The number of rotatable bonds is 5. The van der Waals surface area contributed by atoms with Gasteiger partial charge in [-0.3, -0.25) is 0 Å². The minimum absolute atomic E-state index is 0.183. The zero-order valence-corrected chi connectivity index (χ0v) is 17.5. The van der Waals surface area contributed by atoms with Crippen molar-refractivity contribution in [1.29, 1.82) is 0 Å². The van der Waals surface area contributed by atoms with Crippen LogP contribution in [0.25, 0.3) is 10.9 Å². The molecule has 0 radical (unpaired) electrons. The second-order valence-electron chi connectivity index (χ2n) is 6.63. The SMILES string of the molecule is CCOc1ccc(S(=O)(=O)N2CCN(c3nc(Cl)nc4ccccc34)CC2)cc1. The number of para-hydroxylation sites is 1. The number of hydrogen-bond donors (Lipinski definition) is 0. The van der Waals surface area contributed by atoms with E-state index >= 15 is 0 Å². The van der Waals surface area contributed by atoms with Crippen molar-refractivity contribution >= 4 is 38.3 Å². The molecule has 1 aliphatic rings. The van der Waals surface area contributed by atoms with E-state index in [4.69, 9.17) is 16.3 Å². The standard InChI is InChI=1S/C20H21ClN4O3S/c1-2-28-15-7-9-16(10-8-15)29(26,27)25-13-11-24(12-14-25)19-17-5-3-4-6-18(17)22-20(21)23-19/h3-10H,2,11-14H2,1H3. The van der Waals surface area contributed by atoms with Crippen molar-refractivity contribution in [1.82, 2.24) is 14.3 Å². The van der Waals surface area contributed by atoms with Gasteiger partial charge in [-0.15, -0.1) is 0 Å². The monoisotopic (exact) mass is 432 g/mol. The van der Waals surface area contributed by atoms with E-state index in [2.05, 4.69) is 14.9 Å². The van der Waals surface area contributed by atoms with Crippen LogP contribution in [0.5, 0.6) is 5.75 Å². The van der Waals surface area contributed by atoms with E-state index in [0.29, 0.717) is 38.5 Å². The third-order valence-corrected chi connectivity index (χ3v) is 6.95. The number of anilines is 1. The van der Waals surface area contributed by atoms with Crippen molar-refractivity contribution < 1.29 is 13.2 Å². The summed E-state index contributed by atoms with van der Waals surface area (Å²) in [7, 11) is -3.56. The van der Waals surface area contributed by atoms with E-state index < -0.39 is 10.0 Å². The van der Waals surface area contributed by atoms with Gasteiger partial charge in [-0.2, -0.15) is 9.29 Å². The maximum absolute atomic E-state index is 13.0. The average Bonchev–Trinajstić information content (AvgIpc) is 2.74. The number of sulfonamides is 1. The molecule has 29 heavy (non-hydrogen) atoms. The fourth-order valence-corrected chi connectivity index (χ4v) is 5.03. The van der Waals surface area contributed by atoms with Crippen LogP contribution in [-0.4, -0.2) is 55.5 Å². The van der Waals surface area contributed by atoms with E-state index in [-0.39, 0.29) is 10.2 Å². The summed E-state index contributed by atoms with van der Waals surface area (Å²) in [5, 5.41) is 1.09. The van der Waals surface area contributed by atoms with Crippen LogP contribution in [0, 0.1) is 0 Å². The summed E-state index contributed by atoms with van der Waals surface area (Å²) in [6.45, 7) is 4.20. The molecule has 0 atom stereocenters. The van der Waals surface area contributed by atoms with Crippen LogP contribution < -0.4 is 9.64 Å². The molecule has 0 spiro atoms. The highest BCUT2D eigenvalue weighted by Crippen LogP contribution is 2.27. The molecule has 1 aromatic heterocycles. The predicted molar refractivity (Wildman–Crippen MR) is 113 cm³/mol. The molecule has 4 rings (SSSR count). The van der Waals surface area contributed by atoms with Crippen LogP contribution in [0.3, 0.4) is 0 Å². The summed E-state index contributed by atoms with van der Waals surface area (Å²) in [6.07, 6.45) is 0. The molecule has 0 amide bonds. The van der Waals surface area contributed by atoms with Gasteiger partial charge in [0, 0.05) is 31.6 Å². The van der Waals surface area contributed by atoms with Crippen molar-refractivity contribution in [3.8, 4) is 5.75 Å². The summed E-state index contributed by atoms with van der Waals surface area (Å²) >= 11 is 6.09. The van der Waals surface area contributed by atoms with Crippen LogP contribution in [0.2, 0.25) is 5.28 Å². The van der Waals surface area contributed by atoms with E-state index in [1.807, 2.05) is 31.2 Å². The number of ether oxygens (including phenoxy) is 1. The van der Waals surface area contributed by atoms with Crippen LogP contribution >= 0.6 is 11.6 Å². The Morgan fingerprint density at radius 1 is 1.00 bits per heavy atom. The van der Waals surface area contributed by atoms with Gasteiger partial charge >= 0.3 is 0 Å². The van der Waals surface area contributed by atoms with Gasteiger partial charge in [0.25, 0.3) is 0 Å². The number of fused-ring (bicyclic) bond motifs is 1. The first-order valence-corrected chi connectivity index (χ1v) is 11.2. The Labute approximate surface area is 174 Å². The summed E-state index contributed by atoms with van der Waals surface area (Å²) in [5.41, 5.74) is 0.770. The molecular weight excluding hydrogens is 412 g/mol. The second kappa shape index (κ2) is 8.14. The lowest BCUT2D eigenvalue weighted by atomic mass is 10.2. The normalized spacial score (nSPS) is 15.6. The van der Waals surface area contributed by atoms with Gasteiger partial charge in [-0.1, -0.05) is 12.1 Å². The van der Waals surface area contributed by atoms with Crippen molar-refractivity contribution in [2.45, 2.75) is 11.8 Å². The highest BCUT2D eigenvalue weighted by Gasteiger charge is 2.29. The number of halogens is 1. The molecule has 0 N–H and O–H groups in total. The van der Waals surface area contributed by atoms with E-state index in [9.17, 15) is 8.42 Å². The number of nitrogens with zero attached hydrogens (tertiary/aromatic N) is 4. The molecule has 0 unspecified atom stereocenters. The maximum Gasteiger partial charge on any atom is 0.243 e. The number of hydrogen-bond acceptors (Lipinski definition) is 6. The lowest BCUT2D eigenvalue weighted by Crippen LogP contribution is -2.49. The Bertz CT molecular complexity index is 1110. The minimum atomic E-state index is -3.56. The Balaban J connectivity index is 1.52. The van der Waals surface area contributed by atoms with Gasteiger partial charge in [-0.05, 0) is 54.9 Å². The van der Waals surface area contributed by atoms with E-state index in [1.165, 1.54) is 4.31 Å². The number of aromatic nitrogens is 2. The van der Waals surface area contributed by atoms with Gasteiger partial charge < -0.3 is 9.64 Å². The first-order chi connectivity index (χ1) is 14.0. The molecule has 7 nitrogen and oxygen atoms in total. The van der Waals surface area contributed by atoms with Gasteiger partial charge in [0.05, 0.1) is 17.0 Å². The highest BCUT2D eigenvalue weighted by atomic mass is 35.5. The molecule has 1 saturated heterocycles. The van der Waals surface area contributed by atoms with Gasteiger partial charge in [0.2, 0.25) is 15.3 Å². The molecule has 2 aromatic carbocycles. The fourth-order valence-electron chi connectivity index (χ4n) is 3.44. The molecule has 0 aliphatic carbocycles. The van der Waals surface area contributed by atoms with E-state index in [1.54, 1.807) is 24.3 Å². The topological polar surface area (TPSA) is 75.6 Å². The summed E-state index contributed by atoms with van der Waals surface area (Å²) in [6, 6.07) is 14.2. The second-order valence-corrected chi connectivity index (χ2v) is 8.90. The maximum atomic E-state index is 13.0. The fraction of sp³-hybridized carbons (Fsp3) is 0.300. The lowest BCUT2D eigenvalue weighted by Gasteiger charge is -2.35. The van der Waals surface area contributed by atoms with Crippen molar-refractivity contribution in [3.63, 3.8) is 0 Å². The molecule has 1 aliphatic heterocycles. The van der Waals surface area contributed by atoms with Crippen LogP contribution in [0.1, 0.15) is 6.92 Å². The van der Waals surface area contributed by atoms with Crippen molar-refractivity contribution in [3.05, 3.63) is 53.8 Å². The van der Waals surface area contributed by atoms with Gasteiger partial charge in [0.1, 0.15) is 11.6 Å². The largest absolute Gasteiger partial charge is 0.494 e. The quantitative estimate of drug-likeness (QED) is 0.576. The minimum Gasteiger partial charge on any atom is -0.494 e. The predicted octanol–water partition coefficient (Wildman–Crippen LogP) is 3.19. The van der Waals surface area contributed by atoms with Gasteiger partial charge in [0.15, 0.2) is 0 Å². The van der Waals surface area contributed by atoms with E-state index in [0.717, 1.165) is 16.7 Å². The zero-order valence-electron chi connectivity index (χ0n) is 16.0. The smallest absolute Gasteiger partial charge is 0.243 e. The number of benzene rings is 2. The third-order valence-electron chi connectivity index (χ3n) is 4.87. The van der Waals surface area contributed by atoms with Crippen molar-refractivity contribution in [2.75, 3.05) is 37.7 Å². The molecule has 0 bridgehead atoms. The van der Waals surface area contributed by atoms with Crippen molar-refractivity contribution in [2.24, 2.45) is 0 Å². The Kier molecular flexibility index (Phi) is 5.58. The summed E-state index contributed by atoms with van der Waals surface area (Å²) in [4.78, 5) is 11.0. The lowest BCUT2D eigenvalue weighted by molar-refractivity contribution is 0.340. The Morgan fingerprint density at radius 2 is 1.69 bits per heavy atom. The van der Waals surface area contributed by atoms with Crippen LogP contribution in [0.15, 0.2) is 53.4 Å². The molecule has 152 valence electrons. The molecule has 1 fully saturated rings. The Morgan fingerprint density at radius 3 is 2.38 bits per heavy atom.